The fraction of sp³-hybridized carbons (Fsp3) is 0.909. The molecule has 0 aromatic carbocycles. The van der Waals surface area contributed by atoms with Crippen LogP contribution in [0.3, 0.4) is 0 Å². The van der Waals surface area contributed by atoms with Crippen molar-refractivity contribution in [2.45, 2.75) is 98.9 Å². The standard InChI is InChI=1S/C22H39N3O28S4/c1-6(26)24-9-12(28)11(27)7(4-47-56(40,41)42)49-21(9)52-17-14(30)15(31)22(53-18(17)19(32)33)51-16-8(5-48-57(43,44)45)50-20(46-3-2-23-54(34,35)36)10(13(16)29)25-55(37,38)39/h7-18,20-23,25,27-31H,2-5H2,1H3,(H,24,26)(H,32,33)(H,34,35,36)(H,37,38,39)(H,40,41,42)(H,43,44,45)/t7-,8-,9-,10-,11-,12-,13-,14-,15-,16-,17+,18+,20+,21-,22-/m1/s1. The third kappa shape index (κ3) is 14.9. The first kappa shape index (κ1) is 49.3. The number of carboxylic acid groups (broad SMARTS) is 1. The van der Waals surface area contributed by atoms with Crippen molar-refractivity contribution in [1.29, 1.82) is 0 Å². The van der Waals surface area contributed by atoms with Gasteiger partial charge in [0.1, 0.15) is 67.0 Å². The van der Waals surface area contributed by atoms with Crippen molar-refractivity contribution < 1.29 is 129 Å². The lowest BCUT2D eigenvalue weighted by atomic mass is 9.94. The Bertz CT molecular complexity index is 1830. The first-order valence-electron chi connectivity index (χ1n) is 15.5. The van der Waals surface area contributed by atoms with E-state index in [9.17, 15) is 78.5 Å². The fourth-order valence-electron chi connectivity index (χ4n) is 5.50. The van der Waals surface area contributed by atoms with Crippen LogP contribution in [0.2, 0.25) is 0 Å². The molecule has 1 amide bonds. The lowest BCUT2D eigenvalue weighted by Crippen LogP contribution is -2.69. The van der Waals surface area contributed by atoms with Crippen molar-refractivity contribution in [1.82, 2.24) is 14.8 Å². The molecule has 0 aromatic rings. The van der Waals surface area contributed by atoms with Gasteiger partial charge in [-0.25, -0.2) is 13.2 Å². The van der Waals surface area contributed by atoms with Gasteiger partial charge in [0.2, 0.25) is 5.91 Å². The molecule has 3 heterocycles. The van der Waals surface area contributed by atoms with Gasteiger partial charge < -0.3 is 64.4 Å². The average Bonchev–Trinajstić information content (AvgIpc) is 3.04. The minimum absolute atomic E-state index is 0.741. The molecule has 0 saturated carbocycles. The Morgan fingerprint density at radius 2 is 1.18 bits per heavy atom. The van der Waals surface area contributed by atoms with E-state index < -0.39 is 172 Å². The summed E-state index contributed by atoms with van der Waals surface area (Å²) in [6.07, 6.45) is -29.5. The summed E-state index contributed by atoms with van der Waals surface area (Å²) in [5.74, 6) is -2.94. The Labute approximate surface area is 321 Å². The number of aliphatic hydroxyl groups is 5. The molecule has 3 aliphatic heterocycles. The Morgan fingerprint density at radius 3 is 1.68 bits per heavy atom. The van der Waals surface area contributed by atoms with Crippen molar-refractivity contribution in [2.24, 2.45) is 0 Å². The number of aliphatic hydroxyl groups excluding tert-OH is 5. The number of amides is 1. The number of carboxylic acids is 1. The summed E-state index contributed by atoms with van der Waals surface area (Å²) in [7, 11) is -20.6. The van der Waals surface area contributed by atoms with Crippen LogP contribution < -0.4 is 14.8 Å². The summed E-state index contributed by atoms with van der Waals surface area (Å²) in [5.41, 5.74) is 0. The Hall–Kier alpha value is -2.02. The molecule has 13 N–H and O–H groups in total. The summed E-state index contributed by atoms with van der Waals surface area (Å²) >= 11 is 0. The monoisotopic (exact) mass is 921 g/mol. The number of carbonyl (C=O) groups is 2. The molecule has 3 aliphatic rings. The highest BCUT2D eigenvalue weighted by Crippen LogP contribution is 2.33. The van der Waals surface area contributed by atoms with Crippen LogP contribution in [0.25, 0.3) is 0 Å². The van der Waals surface area contributed by atoms with Crippen molar-refractivity contribution in [3.8, 4) is 0 Å². The molecule has 3 fully saturated rings. The quantitative estimate of drug-likeness (QED) is 0.0423. The molecule has 334 valence electrons. The number of rotatable bonds is 19. The van der Waals surface area contributed by atoms with Crippen LogP contribution in [0.15, 0.2) is 0 Å². The molecular formula is C22H39N3O28S4. The normalized spacial score (nSPS) is 37.1. The minimum atomic E-state index is -5.34. The van der Waals surface area contributed by atoms with E-state index in [0.29, 0.717) is 0 Å². The Balaban J connectivity index is 1.94. The highest BCUT2D eigenvalue weighted by atomic mass is 32.3. The van der Waals surface area contributed by atoms with Crippen molar-refractivity contribution in [3.05, 3.63) is 0 Å². The van der Waals surface area contributed by atoms with E-state index in [0.717, 1.165) is 6.92 Å². The molecule has 3 rings (SSSR count). The molecule has 0 unspecified atom stereocenters. The number of nitrogens with one attached hydrogen (secondary N) is 3. The van der Waals surface area contributed by atoms with Gasteiger partial charge in [0.25, 0.3) is 0 Å². The SMILES string of the molecule is CC(=O)N[C@H]1[C@@H](O[C@H]2[C@H](O)[C@@H](O)[C@H](O[C@H]3[C@H](O)[C@@H](NS(=O)(=O)O)[C@@H](OCCNS(=O)(=O)O)O[C@@H]3COS(=O)(=O)O)O[C@@H]2C(=O)O)O[C@H](COS(=O)(=O)O)[C@@H](O)[C@@H]1O. The van der Waals surface area contributed by atoms with Crippen LogP contribution >= 0.6 is 0 Å². The predicted molar refractivity (Wildman–Crippen MR) is 170 cm³/mol. The molecule has 15 atom stereocenters. The van der Waals surface area contributed by atoms with E-state index in [-0.39, 0.29) is 0 Å². The first-order chi connectivity index (χ1) is 26.0. The highest BCUT2D eigenvalue weighted by Gasteiger charge is 2.56. The summed E-state index contributed by atoms with van der Waals surface area (Å²) in [4.78, 5) is 24.3. The van der Waals surface area contributed by atoms with Gasteiger partial charge in [0.05, 0.1) is 19.8 Å². The molecule has 0 spiro atoms. The summed E-state index contributed by atoms with van der Waals surface area (Å²) in [6, 6.07) is -4.06. The highest BCUT2D eigenvalue weighted by molar-refractivity contribution is 7.84. The second-order valence-corrected chi connectivity index (χ2v) is 16.6. The van der Waals surface area contributed by atoms with Crippen LogP contribution in [0.4, 0.5) is 0 Å². The molecular weight excluding hydrogens is 883 g/mol. The average molecular weight is 922 g/mol. The van der Waals surface area contributed by atoms with E-state index in [1.54, 1.807) is 4.72 Å². The molecule has 0 radical (unpaired) electrons. The zero-order valence-electron chi connectivity index (χ0n) is 28.4. The van der Waals surface area contributed by atoms with Crippen LogP contribution in [0.1, 0.15) is 6.92 Å². The number of aliphatic carboxylic acids is 1. The third-order valence-electron chi connectivity index (χ3n) is 7.83. The smallest absolute Gasteiger partial charge is 0.397 e. The zero-order chi connectivity index (χ0) is 43.4. The lowest BCUT2D eigenvalue weighted by Gasteiger charge is -2.48. The number of hydrogen-bond donors (Lipinski definition) is 13. The van der Waals surface area contributed by atoms with E-state index in [1.165, 1.54) is 4.72 Å². The maximum atomic E-state index is 12.4. The van der Waals surface area contributed by atoms with Gasteiger partial charge in [-0.05, 0) is 0 Å². The van der Waals surface area contributed by atoms with Crippen LogP contribution in [-0.4, -0.2) is 213 Å². The minimum Gasteiger partial charge on any atom is -0.479 e. The van der Waals surface area contributed by atoms with Gasteiger partial charge in [0.15, 0.2) is 25.0 Å². The van der Waals surface area contributed by atoms with Crippen molar-refractivity contribution >= 4 is 53.3 Å². The van der Waals surface area contributed by atoms with Crippen LogP contribution in [0, 0.1) is 0 Å². The van der Waals surface area contributed by atoms with Crippen molar-refractivity contribution in [3.63, 3.8) is 0 Å². The predicted octanol–water partition coefficient (Wildman–Crippen LogP) is -8.87. The zero-order valence-corrected chi connectivity index (χ0v) is 31.7. The van der Waals surface area contributed by atoms with Crippen molar-refractivity contribution in [2.75, 3.05) is 26.4 Å². The summed E-state index contributed by atoms with van der Waals surface area (Å²) in [6.45, 7) is -3.19. The van der Waals surface area contributed by atoms with Gasteiger partial charge in [0, 0.05) is 13.5 Å². The summed E-state index contributed by atoms with van der Waals surface area (Å²) in [5, 5.41) is 66.5. The Kier molecular flexibility index (Phi) is 16.9. The van der Waals surface area contributed by atoms with Gasteiger partial charge in [-0.3, -0.25) is 23.0 Å². The maximum Gasteiger partial charge on any atom is 0.397 e. The second kappa shape index (κ2) is 19.6. The molecule has 31 nitrogen and oxygen atoms in total. The summed E-state index contributed by atoms with van der Waals surface area (Å²) < 4.78 is 170. The third-order valence-corrected chi connectivity index (χ3v) is 9.84. The molecule has 3 saturated heterocycles. The maximum absolute atomic E-state index is 12.4. The molecule has 0 bridgehead atoms. The number of carbonyl (C=O) groups excluding carboxylic acids is 1. The van der Waals surface area contributed by atoms with E-state index in [1.807, 2.05) is 0 Å². The molecule has 0 aromatic heterocycles. The largest absolute Gasteiger partial charge is 0.479 e. The van der Waals surface area contributed by atoms with Gasteiger partial charge in [-0.2, -0.15) is 43.1 Å². The lowest BCUT2D eigenvalue weighted by molar-refractivity contribution is -0.362. The van der Waals surface area contributed by atoms with Crippen LogP contribution in [-0.2, 0) is 87.8 Å². The van der Waals surface area contributed by atoms with E-state index in [4.69, 9.17) is 42.1 Å². The van der Waals surface area contributed by atoms with Gasteiger partial charge in [-0.1, -0.05) is 0 Å². The molecule has 35 heteroatoms. The molecule has 57 heavy (non-hydrogen) atoms. The van der Waals surface area contributed by atoms with E-state index in [2.05, 4.69) is 13.7 Å². The fourth-order valence-corrected chi connectivity index (χ4v) is 7.05. The van der Waals surface area contributed by atoms with Gasteiger partial charge >= 0.3 is 47.4 Å². The molecule has 0 aliphatic carbocycles. The second-order valence-electron chi connectivity index (χ2n) is 12.0. The topological polar surface area (TPSA) is 483 Å². The Morgan fingerprint density at radius 1 is 0.632 bits per heavy atom. The van der Waals surface area contributed by atoms with Gasteiger partial charge in [-0.15, -0.1) is 0 Å². The first-order valence-corrected chi connectivity index (χ1v) is 21.1. The number of hydrogen-bond acceptors (Lipinski definition) is 23. The number of ether oxygens (including phenoxy) is 6. The van der Waals surface area contributed by atoms with E-state index >= 15 is 0 Å². The van der Waals surface area contributed by atoms with Crippen LogP contribution in [0.5, 0.6) is 0 Å².